The van der Waals surface area contributed by atoms with Crippen LogP contribution < -0.4 is 10.1 Å². The third-order valence-electron chi connectivity index (χ3n) is 4.70. The SMILES string of the molecule is COC(=O)c1ccc(Cl)c(-c2ccc(C=c3sc4nc5ccccc5n4c3=O)o2)c1. The molecule has 30 heavy (non-hydrogen) atoms. The number of halogens is 1. The number of aromatic nitrogens is 2. The van der Waals surface area contributed by atoms with Gasteiger partial charge in [-0.25, -0.2) is 14.2 Å². The highest BCUT2D eigenvalue weighted by atomic mass is 35.5. The van der Waals surface area contributed by atoms with Gasteiger partial charge in [-0.05, 0) is 42.5 Å². The molecule has 3 aromatic heterocycles. The van der Waals surface area contributed by atoms with Gasteiger partial charge in [0, 0.05) is 11.6 Å². The lowest BCUT2D eigenvalue weighted by atomic mass is 10.1. The van der Waals surface area contributed by atoms with E-state index in [2.05, 4.69) is 4.98 Å². The summed E-state index contributed by atoms with van der Waals surface area (Å²) in [4.78, 5) is 29.8. The van der Waals surface area contributed by atoms with E-state index in [9.17, 15) is 9.59 Å². The van der Waals surface area contributed by atoms with Gasteiger partial charge in [-0.1, -0.05) is 35.1 Å². The Bertz CT molecular complexity index is 1550. The number of ether oxygens (including phenoxy) is 1. The van der Waals surface area contributed by atoms with Crippen molar-refractivity contribution in [3.8, 4) is 11.3 Å². The minimum absolute atomic E-state index is 0.146. The Morgan fingerprint density at radius 1 is 1.20 bits per heavy atom. The molecule has 0 saturated carbocycles. The topological polar surface area (TPSA) is 73.8 Å². The first-order valence-electron chi connectivity index (χ1n) is 8.95. The number of carbonyl (C=O) groups excluding carboxylic acids is 1. The van der Waals surface area contributed by atoms with Crippen molar-refractivity contribution >= 4 is 51.0 Å². The molecule has 0 bridgehead atoms. The number of methoxy groups -OCH3 is 1. The van der Waals surface area contributed by atoms with Crippen molar-refractivity contribution in [3.05, 3.63) is 85.8 Å². The molecule has 5 aromatic rings. The lowest BCUT2D eigenvalue weighted by Crippen LogP contribution is -2.22. The van der Waals surface area contributed by atoms with Gasteiger partial charge < -0.3 is 9.15 Å². The van der Waals surface area contributed by atoms with Crippen molar-refractivity contribution in [2.75, 3.05) is 7.11 Å². The van der Waals surface area contributed by atoms with E-state index in [1.807, 2.05) is 24.3 Å². The molecule has 0 N–H and O–H groups in total. The third kappa shape index (κ3) is 2.99. The summed E-state index contributed by atoms with van der Waals surface area (Å²) in [6.07, 6.45) is 1.68. The Hall–Kier alpha value is -3.42. The molecule has 6 nitrogen and oxygen atoms in total. The molecule has 0 aliphatic carbocycles. The van der Waals surface area contributed by atoms with E-state index in [1.165, 1.54) is 18.4 Å². The van der Waals surface area contributed by atoms with Crippen LogP contribution in [0.15, 0.2) is 63.8 Å². The van der Waals surface area contributed by atoms with Gasteiger partial charge >= 0.3 is 5.97 Å². The number of nitrogens with zero attached hydrogens (tertiary/aromatic N) is 2. The fourth-order valence-electron chi connectivity index (χ4n) is 3.28. The zero-order valence-electron chi connectivity index (χ0n) is 15.6. The molecular weight excluding hydrogens is 424 g/mol. The van der Waals surface area contributed by atoms with Gasteiger partial charge in [0.25, 0.3) is 5.56 Å². The van der Waals surface area contributed by atoms with Gasteiger partial charge in [0.1, 0.15) is 16.1 Å². The monoisotopic (exact) mass is 436 g/mol. The van der Waals surface area contributed by atoms with Crippen LogP contribution in [0.3, 0.4) is 0 Å². The summed E-state index contributed by atoms with van der Waals surface area (Å²) in [7, 11) is 1.32. The zero-order chi connectivity index (χ0) is 20.8. The first kappa shape index (κ1) is 18.6. The molecule has 148 valence electrons. The molecule has 0 amide bonds. The maximum atomic E-state index is 12.9. The lowest BCUT2D eigenvalue weighted by Gasteiger charge is -2.04. The number of benzene rings is 2. The molecule has 0 spiro atoms. The minimum atomic E-state index is -0.462. The highest BCUT2D eigenvalue weighted by Gasteiger charge is 2.14. The molecular formula is C22H13ClN2O4S. The van der Waals surface area contributed by atoms with Crippen molar-refractivity contribution in [1.82, 2.24) is 9.38 Å². The lowest BCUT2D eigenvalue weighted by molar-refractivity contribution is 0.0601. The van der Waals surface area contributed by atoms with Gasteiger partial charge in [0.15, 0.2) is 4.96 Å². The van der Waals surface area contributed by atoms with Crippen molar-refractivity contribution in [1.29, 1.82) is 0 Å². The molecule has 5 rings (SSSR count). The summed E-state index contributed by atoms with van der Waals surface area (Å²) in [5.41, 5.74) is 2.35. The van der Waals surface area contributed by atoms with E-state index in [0.717, 1.165) is 11.0 Å². The Morgan fingerprint density at radius 2 is 2.03 bits per heavy atom. The molecule has 0 saturated heterocycles. The van der Waals surface area contributed by atoms with Crippen LogP contribution in [0.2, 0.25) is 5.02 Å². The summed E-state index contributed by atoms with van der Waals surface area (Å²) < 4.78 is 12.8. The molecule has 0 radical (unpaired) electrons. The second-order valence-corrected chi connectivity index (χ2v) is 7.94. The standard InChI is InChI=1S/C22H13ClN2O4S/c1-28-21(27)12-6-8-15(23)14(10-12)18-9-7-13(29-18)11-19-20(26)25-17-5-3-2-4-16(17)24-22(25)30-19/h2-11H,1H3. The fraction of sp³-hybridized carbons (Fsp3) is 0.0455. The van der Waals surface area contributed by atoms with Crippen molar-refractivity contribution in [2.45, 2.75) is 0 Å². The van der Waals surface area contributed by atoms with Crippen LogP contribution in [0.5, 0.6) is 0 Å². The number of fused-ring (bicyclic) bond motifs is 3. The quantitative estimate of drug-likeness (QED) is 0.397. The first-order valence-corrected chi connectivity index (χ1v) is 10.1. The normalized spacial score (nSPS) is 12.1. The smallest absolute Gasteiger partial charge is 0.337 e. The number of hydrogen-bond acceptors (Lipinski definition) is 6. The van der Waals surface area contributed by atoms with Crippen LogP contribution in [-0.4, -0.2) is 22.5 Å². The minimum Gasteiger partial charge on any atom is -0.465 e. The number of furan rings is 1. The molecule has 0 aliphatic heterocycles. The maximum Gasteiger partial charge on any atom is 0.337 e. The molecule has 2 aromatic carbocycles. The van der Waals surface area contributed by atoms with Crippen LogP contribution in [0.4, 0.5) is 0 Å². The van der Waals surface area contributed by atoms with Gasteiger partial charge in [0.2, 0.25) is 0 Å². The summed E-state index contributed by atoms with van der Waals surface area (Å²) in [5, 5.41) is 0.439. The van der Waals surface area contributed by atoms with Gasteiger partial charge in [-0.3, -0.25) is 4.79 Å². The first-order chi connectivity index (χ1) is 14.5. The van der Waals surface area contributed by atoms with Gasteiger partial charge in [0.05, 0.1) is 28.7 Å². The maximum absolute atomic E-state index is 12.9. The van der Waals surface area contributed by atoms with E-state index in [1.54, 1.807) is 40.8 Å². The zero-order valence-corrected chi connectivity index (χ0v) is 17.2. The summed E-state index contributed by atoms with van der Waals surface area (Å²) in [5.74, 6) is 0.517. The second-order valence-electron chi connectivity index (χ2n) is 6.52. The Labute approximate surface area is 178 Å². The molecule has 0 unspecified atom stereocenters. The van der Waals surface area contributed by atoms with Crippen molar-refractivity contribution in [2.24, 2.45) is 0 Å². The molecule has 0 atom stereocenters. The number of hydrogen-bond donors (Lipinski definition) is 0. The number of esters is 1. The second kappa shape index (κ2) is 7.12. The Kier molecular flexibility index (Phi) is 4.42. The van der Waals surface area contributed by atoms with Crippen LogP contribution in [-0.2, 0) is 4.74 Å². The van der Waals surface area contributed by atoms with E-state index < -0.39 is 5.97 Å². The molecule has 3 heterocycles. The number of carbonyl (C=O) groups is 1. The molecule has 0 fully saturated rings. The average molecular weight is 437 g/mol. The van der Waals surface area contributed by atoms with Crippen LogP contribution in [0.25, 0.3) is 33.4 Å². The molecule has 0 aliphatic rings. The van der Waals surface area contributed by atoms with Crippen molar-refractivity contribution < 1.29 is 13.9 Å². The Balaban J connectivity index is 1.58. The summed E-state index contributed by atoms with van der Waals surface area (Å²) in [6.45, 7) is 0. The predicted molar refractivity (Wildman–Crippen MR) is 116 cm³/mol. The predicted octanol–water partition coefficient (Wildman–Crippen LogP) is 4.16. The summed E-state index contributed by atoms with van der Waals surface area (Å²) in [6, 6.07) is 15.8. The number of thiazole rings is 1. The highest BCUT2D eigenvalue weighted by Crippen LogP contribution is 2.31. The Morgan fingerprint density at radius 3 is 2.87 bits per heavy atom. The fourth-order valence-corrected chi connectivity index (χ4v) is 4.45. The van der Waals surface area contributed by atoms with E-state index >= 15 is 0 Å². The summed E-state index contributed by atoms with van der Waals surface area (Å²) >= 11 is 7.58. The highest BCUT2D eigenvalue weighted by molar-refractivity contribution is 7.15. The van der Waals surface area contributed by atoms with Gasteiger partial charge in [-0.15, -0.1) is 0 Å². The van der Waals surface area contributed by atoms with E-state index in [0.29, 0.717) is 37.2 Å². The third-order valence-corrected chi connectivity index (χ3v) is 6.00. The largest absolute Gasteiger partial charge is 0.465 e. The number of imidazole rings is 1. The molecule has 8 heteroatoms. The average Bonchev–Trinajstić information content (AvgIpc) is 3.44. The van der Waals surface area contributed by atoms with Crippen LogP contribution >= 0.6 is 22.9 Å². The van der Waals surface area contributed by atoms with E-state index in [-0.39, 0.29) is 5.56 Å². The van der Waals surface area contributed by atoms with E-state index in [4.69, 9.17) is 20.8 Å². The van der Waals surface area contributed by atoms with Crippen molar-refractivity contribution in [3.63, 3.8) is 0 Å². The van der Waals surface area contributed by atoms with Gasteiger partial charge in [-0.2, -0.15) is 0 Å². The number of rotatable bonds is 3. The van der Waals surface area contributed by atoms with Crippen LogP contribution in [0.1, 0.15) is 16.1 Å². The number of para-hydroxylation sites is 2. The van der Waals surface area contributed by atoms with Crippen LogP contribution in [0, 0.1) is 0 Å².